The zero-order valence-corrected chi connectivity index (χ0v) is 12.6. The van der Waals surface area contributed by atoms with E-state index in [1.165, 1.54) is 19.2 Å². The maximum absolute atomic E-state index is 12.5. The van der Waals surface area contributed by atoms with Crippen molar-refractivity contribution in [1.82, 2.24) is 5.32 Å². The molecule has 1 aliphatic heterocycles. The van der Waals surface area contributed by atoms with Crippen LogP contribution in [0.1, 0.15) is 13.8 Å². The quantitative estimate of drug-likeness (QED) is 0.868. The molecule has 7 heteroatoms. The molecular weight excluding hydrogens is 296 g/mol. The summed E-state index contributed by atoms with van der Waals surface area (Å²) in [6.45, 7) is 3.48. The van der Waals surface area contributed by atoms with Gasteiger partial charge in [-0.1, -0.05) is 25.4 Å². The number of ether oxygens (including phenoxy) is 1. The Bertz CT molecular complexity index is 615. The first-order valence-corrected chi connectivity index (χ1v) is 6.77. The highest BCUT2D eigenvalue weighted by Gasteiger charge is 2.43. The minimum atomic E-state index is -0.926. The number of carbonyl (C=O) groups excluding carboxylic acids is 3. The van der Waals surface area contributed by atoms with E-state index < -0.39 is 23.8 Å². The van der Waals surface area contributed by atoms with Crippen LogP contribution in [-0.2, 0) is 9.59 Å². The maximum Gasteiger partial charge on any atom is 0.335 e. The molecule has 1 fully saturated rings. The van der Waals surface area contributed by atoms with Crippen LogP contribution in [-0.4, -0.2) is 25.0 Å². The van der Waals surface area contributed by atoms with Gasteiger partial charge in [-0.25, -0.2) is 9.69 Å². The number of rotatable bonds is 3. The van der Waals surface area contributed by atoms with Crippen molar-refractivity contribution < 1.29 is 19.1 Å². The molecule has 2 rings (SSSR count). The number of hydrogen-bond donors (Lipinski definition) is 1. The van der Waals surface area contributed by atoms with Gasteiger partial charge in [-0.3, -0.25) is 14.9 Å². The number of carbonyl (C=O) groups is 3. The van der Waals surface area contributed by atoms with Gasteiger partial charge in [0.2, 0.25) is 11.8 Å². The number of barbiturate groups is 1. The summed E-state index contributed by atoms with van der Waals surface area (Å²) in [5.74, 6) is -1.89. The summed E-state index contributed by atoms with van der Waals surface area (Å²) in [4.78, 5) is 37.2. The second-order valence-electron chi connectivity index (χ2n) is 5.01. The highest BCUT2D eigenvalue weighted by Crippen LogP contribution is 2.33. The summed E-state index contributed by atoms with van der Waals surface area (Å²) in [5.41, 5.74) is 0.191. The molecule has 0 aromatic heterocycles. The van der Waals surface area contributed by atoms with Crippen molar-refractivity contribution in [3.05, 3.63) is 23.2 Å². The van der Waals surface area contributed by atoms with E-state index >= 15 is 0 Å². The molecule has 1 atom stereocenters. The zero-order chi connectivity index (χ0) is 15.7. The zero-order valence-electron chi connectivity index (χ0n) is 11.8. The van der Waals surface area contributed by atoms with Crippen molar-refractivity contribution >= 4 is 35.1 Å². The topological polar surface area (TPSA) is 75.7 Å². The molecule has 6 nitrogen and oxygen atoms in total. The van der Waals surface area contributed by atoms with Gasteiger partial charge in [0, 0.05) is 6.07 Å². The number of nitrogens with zero attached hydrogens (tertiary/aromatic N) is 1. The number of hydrogen-bond acceptors (Lipinski definition) is 4. The molecule has 0 saturated carbocycles. The minimum Gasteiger partial charge on any atom is -0.497 e. The summed E-state index contributed by atoms with van der Waals surface area (Å²) < 4.78 is 5.07. The second kappa shape index (κ2) is 5.73. The van der Waals surface area contributed by atoms with E-state index in [2.05, 4.69) is 5.32 Å². The lowest BCUT2D eigenvalue weighted by molar-refractivity contribution is -0.136. The fourth-order valence-electron chi connectivity index (χ4n) is 2.20. The Morgan fingerprint density at radius 3 is 2.52 bits per heavy atom. The Morgan fingerprint density at radius 1 is 1.29 bits per heavy atom. The highest BCUT2D eigenvalue weighted by atomic mass is 35.5. The number of amides is 4. The largest absolute Gasteiger partial charge is 0.497 e. The molecule has 1 heterocycles. The molecular formula is C14H15ClN2O4. The number of methoxy groups -OCH3 is 1. The van der Waals surface area contributed by atoms with Gasteiger partial charge in [0.25, 0.3) is 0 Å². The van der Waals surface area contributed by atoms with Crippen LogP contribution in [0.25, 0.3) is 0 Å². The summed E-state index contributed by atoms with van der Waals surface area (Å²) in [5, 5.41) is 2.40. The molecule has 1 aromatic rings. The van der Waals surface area contributed by atoms with Crippen LogP contribution < -0.4 is 15.0 Å². The summed E-state index contributed by atoms with van der Waals surface area (Å²) >= 11 is 6.07. The Labute approximate surface area is 127 Å². The van der Waals surface area contributed by atoms with Gasteiger partial charge < -0.3 is 4.74 Å². The molecule has 0 aliphatic carbocycles. The standard InChI is InChI=1S/C14H15ClN2O4/c1-7(2)11-12(18)16-14(20)17(13(11)19)10-6-8(21-3)4-5-9(10)15/h4-7,11H,1-3H3,(H,16,18,20). The van der Waals surface area contributed by atoms with E-state index in [4.69, 9.17) is 16.3 Å². The molecule has 1 aromatic carbocycles. The van der Waals surface area contributed by atoms with Crippen LogP contribution in [0, 0.1) is 11.8 Å². The van der Waals surface area contributed by atoms with Crippen molar-refractivity contribution in [1.29, 1.82) is 0 Å². The van der Waals surface area contributed by atoms with Gasteiger partial charge in [0.05, 0.1) is 17.8 Å². The van der Waals surface area contributed by atoms with E-state index in [0.717, 1.165) is 4.90 Å². The summed E-state index contributed by atoms with van der Waals surface area (Å²) in [6, 6.07) is 3.81. The SMILES string of the molecule is COc1ccc(Cl)c(N2C(=O)NC(=O)C(C(C)C)C2=O)c1. The molecule has 0 bridgehead atoms. The van der Waals surface area contributed by atoms with Gasteiger partial charge >= 0.3 is 6.03 Å². The number of halogens is 1. The van der Waals surface area contributed by atoms with E-state index in [9.17, 15) is 14.4 Å². The summed E-state index contributed by atoms with van der Waals surface area (Å²) in [6.07, 6.45) is 0. The van der Waals surface area contributed by atoms with Gasteiger partial charge in [-0.15, -0.1) is 0 Å². The van der Waals surface area contributed by atoms with Gasteiger partial charge in [0.15, 0.2) is 0 Å². The lowest BCUT2D eigenvalue weighted by atomic mass is 9.92. The number of anilines is 1. The average Bonchev–Trinajstić information content (AvgIpc) is 2.39. The predicted octanol–water partition coefficient (Wildman–Crippen LogP) is 2.20. The van der Waals surface area contributed by atoms with Crippen molar-refractivity contribution in [2.45, 2.75) is 13.8 Å². The van der Waals surface area contributed by atoms with Crippen LogP contribution in [0.3, 0.4) is 0 Å². The number of benzene rings is 1. The van der Waals surface area contributed by atoms with Gasteiger partial charge in [-0.05, 0) is 18.1 Å². The molecule has 1 saturated heterocycles. The smallest absolute Gasteiger partial charge is 0.335 e. The predicted molar refractivity (Wildman–Crippen MR) is 77.4 cm³/mol. The second-order valence-corrected chi connectivity index (χ2v) is 5.41. The molecule has 4 amide bonds. The van der Waals surface area contributed by atoms with E-state index in [-0.39, 0.29) is 16.6 Å². The molecule has 0 spiro atoms. The molecule has 21 heavy (non-hydrogen) atoms. The molecule has 1 N–H and O–H groups in total. The fourth-order valence-corrected chi connectivity index (χ4v) is 2.40. The molecule has 1 aliphatic rings. The molecule has 0 radical (unpaired) electrons. The highest BCUT2D eigenvalue weighted by molar-refractivity contribution is 6.37. The number of urea groups is 1. The first kappa shape index (κ1) is 15.3. The van der Waals surface area contributed by atoms with Gasteiger partial charge in [-0.2, -0.15) is 0 Å². The normalized spacial score (nSPS) is 19.0. The lowest BCUT2D eigenvalue weighted by Crippen LogP contribution is -2.59. The van der Waals surface area contributed by atoms with Crippen LogP contribution >= 0.6 is 11.6 Å². The van der Waals surface area contributed by atoms with E-state index in [1.54, 1.807) is 19.9 Å². The van der Waals surface area contributed by atoms with Crippen LogP contribution in [0.4, 0.5) is 10.5 Å². The lowest BCUT2D eigenvalue weighted by Gasteiger charge is -2.32. The van der Waals surface area contributed by atoms with Crippen LogP contribution in [0.15, 0.2) is 18.2 Å². The Hall–Kier alpha value is -2.08. The van der Waals surface area contributed by atoms with E-state index in [1.807, 2.05) is 0 Å². The third-order valence-corrected chi connectivity index (χ3v) is 3.58. The van der Waals surface area contributed by atoms with Crippen molar-refractivity contribution in [2.75, 3.05) is 12.0 Å². The first-order chi connectivity index (χ1) is 9.86. The maximum atomic E-state index is 12.5. The third-order valence-electron chi connectivity index (χ3n) is 3.26. The van der Waals surface area contributed by atoms with Crippen molar-refractivity contribution in [3.63, 3.8) is 0 Å². The van der Waals surface area contributed by atoms with Crippen molar-refractivity contribution in [2.24, 2.45) is 11.8 Å². The molecule has 112 valence electrons. The average molecular weight is 311 g/mol. The monoisotopic (exact) mass is 310 g/mol. The Balaban J connectivity index is 2.49. The Morgan fingerprint density at radius 2 is 1.95 bits per heavy atom. The Kier molecular flexibility index (Phi) is 4.18. The number of imide groups is 2. The number of nitrogens with one attached hydrogen (secondary N) is 1. The van der Waals surface area contributed by atoms with E-state index in [0.29, 0.717) is 5.75 Å². The van der Waals surface area contributed by atoms with Crippen LogP contribution in [0.2, 0.25) is 5.02 Å². The summed E-state index contributed by atoms with van der Waals surface area (Å²) in [7, 11) is 1.46. The fraction of sp³-hybridized carbons (Fsp3) is 0.357. The first-order valence-electron chi connectivity index (χ1n) is 6.39. The van der Waals surface area contributed by atoms with Crippen LogP contribution in [0.5, 0.6) is 5.75 Å². The molecule has 1 unspecified atom stereocenters. The van der Waals surface area contributed by atoms with Crippen molar-refractivity contribution in [3.8, 4) is 5.75 Å². The third kappa shape index (κ3) is 2.71. The van der Waals surface area contributed by atoms with Gasteiger partial charge in [0.1, 0.15) is 11.7 Å². The minimum absolute atomic E-state index is 0.191.